The molecule has 0 amide bonds. The highest BCUT2D eigenvalue weighted by atomic mass is 16.5. The van der Waals surface area contributed by atoms with Gasteiger partial charge in [0.2, 0.25) is 0 Å². The van der Waals surface area contributed by atoms with Gasteiger partial charge < -0.3 is 15.4 Å². The summed E-state index contributed by atoms with van der Waals surface area (Å²) >= 11 is 0. The Bertz CT molecular complexity index is 409. The zero-order valence-corrected chi connectivity index (χ0v) is 11.0. The van der Waals surface area contributed by atoms with E-state index in [0.717, 1.165) is 19.5 Å². The third kappa shape index (κ3) is 2.13. The first-order valence-electron chi connectivity index (χ1n) is 7.03. The van der Waals surface area contributed by atoms with Gasteiger partial charge in [0.15, 0.2) is 0 Å². The monoisotopic (exact) mass is 246 g/mol. The van der Waals surface area contributed by atoms with Crippen molar-refractivity contribution in [2.24, 2.45) is 5.73 Å². The lowest BCUT2D eigenvalue weighted by Gasteiger charge is -2.35. The largest absolute Gasteiger partial charge is 0.371 e. The van der Waals surface area contributed by atoms with Crippen molar-refractivity contribution < 1.29 is 4.74 Å². The molecule has 98 valence electrons. The van der Waals surface area contributed by atoms with Crippen molar-refractivity contribution in [2.75, 3.05) is 18.0 Å². The molecule has 2 bridgehead atoms. The van der Waals surface area contributed by atoms with Gasteiger partial charge in [-0.05, 0) is 30.9 Å². The van der Waals surface area contributed by atoms with Crippen molar-refractivity contribution in [2.45, 2.75) is 44.4 Å². The van der Waals surface area contributed by atoms with Gasteiger partial charge in [0.05, 0.1) is 12.2 Å². The van der Waals surface area contributed by atoms with Gasteiger partial charge in [-0.15, -0.1) is 0 Å². The minimum atomic E-state index is 0.140. The fraction of sp³-hybridized carbons (Fsp3) is 0.600. The van der Waals surface area contributed by atoms with Crippen LogP contribution < -0.4 is 10.6 Å². The molecule has 2 saturated heterocycles. The number of rotatable bonds is 3. The predicted molar refractivity (Wildman–Crippen MR) is 73.8 cm³/mol. The van der Waals surface area contributed by atoms with Crippen molar-refractivity contribution in [1.29, 1.82) is 0 Å². The van der Waals surface area contributed by atoms with Crippen LogP contribution in [0, 0.1) is 0 Å². The number of anilines is 1. The maximum Gasteiger partial charge on any atom is 0.0755 e. The highest BCUT2D eigenvalue weighted by Crippen LogP contribution is 2.33. The first-order chi connectivity index (χ1) is 8.78. The molecule has 2 heterocycles. The summed E-state index contributed by atoms with van der Waals surface area (Å²) in [5, 5.41) is 0. The summed E-state index contributed by atoms with van der Waals surface area (Å²) in [6, 6.07) is 8.71. The van der Waals surface area contributed by atoms with Crippen LogP contribution in [0.25, 0.3) is 0 Å². The lowest BCUT2D eigenvalue weighted by atomic mass is 10.0. The number of benzene rings is 1. The number of hydrogen-bond acceptors (Lipinski definition) is 3. The maximum atomic E-state index is 6.23. The molecule has 0 saturated carbocycles. The fourth-order valence-corrected chi connectivity index (χ4v) is 3.12. The lowest BCUT2D eigenvalue weighted by Crippen LogP contribution is -2.43. The highest BCUT2D eigenvalue weighted by molar-refractivity contribution is 5.55. The number of fused-ring (bicyclic) bond motifs is 2. The second-order valence-corrected chi connectivity index (χ2v) is 5.44. The van der Waals surface area contributed by atoms with E-state index in [1.54, 1.807) is 0 Å². The number of para-hydroxylation sites is 1. The SMILES string of the molecule is CC[C@@H](N)c1ccccc1N1CC2CCC(C1)O2. The van der Waals surface area contributed by atoms with Gasteiger partial charge in [0.25, 0.3) is 0 Å². The molecule has 1 aromatic carbocycles. The van der Waals surface area contributed by atoms with E-state index in [1.807, 2.05) is 0 Å². The minimum absolute atomic E-state index is 0.140. The molecule has 18 heavy (non-hydrogen) atoms. The van der Waals surface area contributed by atoms with E-state index < -0.39 is 0 Å². The van der Waals surface area contributed by atoms with Crippen LogP contribution in [0.2, 0.25) is 0 Å². The Kier molecular flexibility index (Phi) is 3.27. The Morgan fingerprint density at radius 1 is 1.28 bits per heavy atom. The molecule has 0 spiro atoms. The summed E-state index contributed by atoms with van der Waals surface area (Å²) in [5.74, 6) is 0. The fourth-order valence-electron chi connectivity index (χ4n) is 3.12. The molecular formula is C15H22N2O. The van der Waals surface area contributed by atoms with Crippen LogP contribution in [0.15, 0.2) is 24.3 Å². The van der Waals surface area contributed by atoms with Crippen LogP contribution in [0.5, 0.6) is 0 Å². The summed E-state index contributed by atoms with van der Waals surface area (Å²) in [4.78, 5) is 2.47. The molecule has 2 unspecified atom stereocenters. The van der Waals surface area contributed by atoms with E-state index in [2.05, 4.69) is 36.1 Å². The Morgan fingerprint density at radius 3 is 2.61 bits per heavy atom. The van der Waals surface area contributed by atoms with Crippen molar-refractivity contribution in [3.63, 3.8) is 0 Å². The first-order valence-corrected chi connectivity index (χ1v) is 7.03. The average Bonchev–Trinajstić information content (AvgIpc) is 2.76. The molecule has 3 rings (SSSR count). The Morgan fingerprint density at radius 2 is 1.94 bits per heavy atom. The molecule has 3 heteroatoms. The summed E-state index contributed by atoms with van der Waals surface area (Å²) in [5.41, 5.74) is 8.82. The zero-order valence-electron chi connectivity index (χ0n) is 11.0. The normalized spacial score (nSPS) is 28.4. The van der Waals surface area contributed by atoms with Gasteiger partial charge in [-0.1, -0.05) is 25.1 Å². The molecule has 2 fully saturated rings. The zero-order chi connectivity index (χ0) is 12.5. The quantitative estimate of drug-likeness (QED) is 0.890. The summed E-state index contributed by atoms with van der Waals surface area (Å²) < 4.78 is 5.90. The summed E-state index contributed by atoms with van der Waals surface area (Å²) in [6.45, 7) is 4.18. The van der Waals surface area contributed by atoms with Crippen LogP contribution >= 0.6 is 0 Å². The van der Waals surface area contributed by atoms with Crippen LogP contribution in [0.1, 0.15) is 37.8 Å². The van der Waals surface area contributed by atoms with E-state index >= 15 is 0 Å². The van der Waals surface area contributed by atoms with Gasteiger partial charge in [-0.25, -0.2) is 0 Å². The molecular weight excluding hydrogens is 224 g/mol. The number of nitrogens with two attached hydrogens (primary N) is 1. The third-order valence-electron chi connectivity index (χ3n) is 4.16. The number of morpholine rings is 1. The number of hydrogen-bond donors (Lipinski definition) is 1. The number of ether oxygens (including phenoxy) is 1. The van der Waals surface area contributed by atoms with E-state index in [4.69, 9.17) is 10.5 Å². The van der Waals surface area contributed by atoms with Crippen LogP contribution in [-0.4, -0.2) is 25.3 Å². The molecule has 0 radical (unpaired) electrons. The molecule has 0 aromatic heterocycles. The average molecular weight is 246 g/mol. The standard InChI is InChI=1S/C15H22N2O/c1-2-14(16)13-5-3-4-6-15(13)17-9-11-7-8-12(10-17)18-11/h3-6,11-12,14H,2,7-10,16H2,1H3/t11?,12?,14-/m1/s1. The summed E-state index contributed by atoms with van der Waals surface area (Å²) in [7, 11) is 0. The van der Waals surface area contributed by atoms with Crippen LogP contribution in [0.4, 0.5) is 5.69 Å². The van der Waals surface area contributed by atoms with Crippen LogP contribution in [0.3, 0.4) is 0 Å². The topological polar surface area (TPSA) is 38.5 Å². The highest BCUT2D eigenvalue weighted by Gasteiger charge is 2.34. The molecule has 2 N–H and O–H groups in total. The number of nitrogens with zero attached hydrogens (tertiary/aromatic N) is 1. The third-order valence-corrected chi connectivity index (χ3v) is 4.16. The second-order valence-electron chi connectivity index (χ2n) is 5.44. The van der Waals surface area contributed by atoms with E-state index in [9.17, 15) is 0 Å². The minimum Gasteiger partial charge on any atom is -0.371 e. The summed E-state index contributed by atoms with van der Waals surface area (Å²) in [6.07, 6.45) is 4.25. The van der Waals surface area contributed by atoms with Gasteiger partial charge in [-0.3, -0.25) is 0 Å². The molecule has 1 aromatic rings. The van der Waals surface area contributed by atoms with E-state index in [-0.39, 0.29) is 6.04 Å². The van der Waals surface area contributed by atoms with Gasteiger partial charge >= 0.3 is 0 Å². The van der Waals surface area contributed by atoms with Crippen molar-refractivity contribution >= 4 is 5.69 Å². The molecule has 2 aliphatic heterocycles. The van der Waals surface area contributed by atoms with Crippen LogP contribution in [-0.2, 0) is 4.74 Å². The lowest BCUT2D eigenvalue weighted by molar-refractivity contribution is 0.0304. The Balaban J connectivity index is 1.87. The Labute approximate surface area is 109 Å². The van der Waals surface area contributed by atoms with Gasteiger partial charge in [0, 0.05) is 24.8 Å². The first kappa shape index (κ1) is 12.0. The molecule has 3 atom stereocenters. The smallest absolute Gasteiger partial charge is 0.0755 e. The van der Waals surface area contributed by atoms with Gasteiger partial charge in [-0.2, -0.15) is 0 Å². The van der Waals surface area contributed by atoms with E-state index in [0.29, 0.717) is 12.2 Å². The van der Waals surface area contributed by atoms with Crippen molar-refractivity contribution in [3.8, 4) is 0 Å². The van der Waals surface area contributed by atoms with Crippen molar-refractivity contribution in [1.82, 2.24) is 0 Å². The van der Waals surface area contributed by atoms with Crippen molar-refractivity contribution in [3.05, 3.63) is 29.8 Å². The Hall–Kier alpha value is -1.06. The van der Waals surface area contributed by atoms with E-state index in [1.165, 1.54) is 24.1 Å². The molecule has 3 nitrogen and oxygen atoms in total. The molecule has 0 aliphatic carbocycles. The predicted octanol–water partition coefficient (Wildman–Crippen LogP) is 2.46. The van der Waals surface area contributed by atoms with Gasteiger partial charge in [0.1, 0.15) is 0 Å². The molecule has 2 aliphatic rings. The maximum absolute atomic E-state index is 6.23. The second kappa shape index (κ2) is 4.90.